The lowest BCUT2D eigenvalue weighted by atomic mass is 10.2. The number of ether oxygens (including phenoxy) is 1. The number of rotatable bonds is 8. The molecule has 0 unspecified atom stereocenters. The Morgan fingerprint density at radius 3 is 2.58 bits per heavy atom. The molecule has 33 heavy (non-hydrogen) atoms. The standard InChI is InChI=1S/C24H29N3O4S2/c1-3-19-6-9-21-22(16-19)32-24(25-21)27(11-10-26-12-14-31-15-13-26)23(28)17-33(29,30)20-7-4-18(2)5-8-20/h4-9,16H,3,10-15,17H2,1-2H3. The van der Waals surface area contributed by atoms with E-state index in [4.69, 9.17) is 4.74 Å². The van der Waals surface area contributed by atoms with Crippen molar-refractivity contribution in [1.29, 1.82) is 0 Å². The molecule has 1 fully saturated rings. The van der Waals surface area contributed by atoms with Crippen molar-refractivity contribution in [3.05, 3.63) is 53.6 Å². The number of carbonyl (C=O) groups is 1. The van der Waals surface area contributed by atoms with Crippen LogP contribution in [0.25, 0.3) is 10.2 Å². The summed E-state index contributed by atoms with van der Waals surface area (Å²) < 4.78 is 32.3. The van der Waals surface area contributed by atoms with Gasteiger partial charge in [-0.25, -0.2) is 13.4 Å². The molecule has 2 heterocycles. The molecule has 4 rings (SSSR count). The molecule has 1 aliphatic heterocycles. The predicted molar refractivity (Wildman–Crippen MR) is 132 cm³/mol. The van der Waals surface area contributed by atoms with E-state index in [9.17, 15) is 13.2 Å². The first kappa shape index (κ1) is 23.8. The number of carbonyl (C=O) groups excluding carboxylic acids is 1. The van der Waals surface area contributed by atoms with E-state index in [0.717, 1.165) is 35.3 Å². The van der Waals surface area contributed by atoms with E-state index < -0.39 is 21.5 Å². The summed E-state index contributed by atoms with van der Waals surface area (Å²) >= 11 is 1.43. The number of hydrogen-bond donors (Lipinski definition) is 0. The minimum Gasteiger partial charge on any atom is -0.379 e. The number of benzene rings is 2. The Hall–Kier alpha value is -2.33. The van der Waals surface area contributed by atoms with Gasteiger partial charge >= 0.3 is 0 Å². The molecule has 0 N–H and O–H groups in total. The molecule has 1 amide bonds. The Balaban J connectivity index is 1.60. The molecule has 0 aliphatic carbocycles. The van der Waals surface area contributed by atoms with Gasteiger partial charge in [0.2, 0.25) is 5.91 Å². The lowest BCUT2D eigenvalue weighted by molar-refractivity contribution is -0.116. The van der Waals surface area contributed by atoms with E-state index in [-0.39, 0.29) is 4.90 Å². The maximum atomic E-state index is 13.3. The highest BCUT2D eigenvalue weighted by molar-refractivity contribution is 7.92. The molecule has 3 aromatic rings. The molecule has 0 bridgehead atoms. The van der Waals surface area contributed by atoms with Gasteiger partial charge in [0, 0.05) is 26.2 Å². The van der Waals surface area contributed by atoms with Crippen molar-refractivity contribution in [2.75, 3.05) is 50.0 Å². The van der Waals surface area contributed by atoms with Crippen molar-refractivity contribution in [1.82, 2.24) is 9.88 Å². The van der Waals surface area contributed by atoms with Crippen LogP contribution in [0.1, 0.15) is 18.1 Å². The Labute approximate surface area is 198 Å². The Morgan fingerprint density at radius 1 is 1.15 bits per heavy atom. The quantitative estimate of drug-likeness (QED) is 0.485. The third-order valence-corrected chi connectivity index (χ3v) is 8.48. The van der Waals surface area contributed by atoms with Crippen LogP contribution in [-0.4, -0.2) is 69.4 Å². The van der Waals surface area contributed by atoms with E-state index >= 15 is 0 Å². The normalized spacial score (nSPS) is 15.1. The van der Waals surface area contributed by atoms with Crippen molar-refractivity contribution < 1.29 is 17.9 Å². The molecular formula is C24H29N3O4S2. The van der Waals surface area contributed by atoms with Crippen LogP contribution in [-0.2, 0) is 25.8 Å². The number of thiazole rings is 1. The van der Waals surface area contributed by atoms with Gasteiger partial charge < -0.3 is 4.74 Å². The first-order valence-corrected chi connectivity index (χ1v) is 13.6. The summed E-state index contributed by atoms with van der Waals surface area (Å²) in [5, 5.41) is 0.538. The third-order valence-electron chi connectivity index (χ3n) is 5.82. The van der Waals surface area contributed by atoms with E-state index in [2.05, 4.69) is 22.9 Å². The Bertz CT molecular complexity index is 1220. The Morgan fingerprint density at radius 2 is 1.88 bits per heavy atom. The van der Waals surface area contributed by atoms with Crippen molar-refractivity contribution in [2.45, 2.75) is 25.2 Å². The van der Waals surface area contributed by atoms with E-state index in [1.807, 2.05) is 19.1 Å². The van der Waals surface area contributed by atoms with Crippen molar-refractivity contribution in [3.8, 4) is 0 Å². The van der Waals surface area contributed by atoms with Gasteiger partial charge in [-0.15, -0.1) is 0 Å². The summed E-state index contributed by atoms with van der Waals surface area (Å²) in [6, 6.07) is 12.7. The number of fused-ring (bicyclic) bond motifs is 1. The van der Waals surface area contributed by atoms with Crippen LogP contribution < -0.4 is 4.90 Å². The van der Waals surface area contributed by atoms with E-state index in [1.165, 1.54) is 21.8 Å². The molecule has 1 saturated heterocycles. The maximum absolute atomic E-state index is 13.3. The van der Waals surface area contributed by atoms with Gasteiger partial charge in [0.05, 0.1) is 28.3 Å². The van der Waals surface area contributed by atoms with E-state index in [0.29, 0.717) is 31.4 Å². The maximum Gasteiger partial charge on any atom is 0.244 e. The topological polar surface area (TPSA) is 79.8 Å². The van der Waals surface area contributed by atoms with Gasteiger partial charge in [0.25, 0.3) is 0 Å². The van der Waals surface area contributed by atoms with Crippen LogP contribution >= 0.6 is 11.3 Å². The second kappa shape index (κ2) is 10.3. The molecule has 176 valence electrons. The zero-order chi connectivity index (χ0) is 23.4. The fourth-order valence-electron chi connectivity index (χ4n) is 3.75. The van der Waals surface area contributed by atoms with Crippen LogP contribution in [0.15, 0.2) is 47.4 Å². The summed E-state index contributed by atoms with van der Waals surface area (Å²) in [4.78, 5) is 21.9. The van der Waals surface area contributed by atoms with Gasteiger partial charge in [-0.1, -0.05) is 42.0 Å². The van der Waals surface area contributed by atoms with Crippen molar-refractivity contribution in [2.24, 2.45) is 0 Å². The van der Waals surface area contributed by atoms with Crippen LogP contribution in [0, 0.1) is 6.92 Å². The molecule has 7 nitrogen and oxygen atoms in total. The number of aromatic nitrogens is 1. The first-order valence-electron chi connectivity index (χ1n) is 11.1. The van der Waals surface area contributed by atoms with Crippen LogP contribution in [0.4, 0.5) is 5.13 Å². The summed E-state index contributed by atoms with van der Waals surface area (Å²) in [7, 11) is -3.76. The number of hydrogen-bond acceptors (Lipinski definition) is 7. The molecule has 0 spiro atoms. The largest absolute Gasteiger partial charge is 0.379 e. The highest BCUT2D eigenvalue weighted by atomic mass is 32.2. The number of amides is 1. The molecule has 0 saturated carbocycles. The molecule has 1 aliphatic rings. The van der Waals surface area contributed by atoms with Gasteiger partial charge in [-0.3, -0.25) is 14.6 Å². The van der Waals surface area contributed by atoms with E-state index in [1.54, 1.807) is 24.3 Å². The molecule has 9 heteroatoms. The highest BCUT2D eigenvalue weighted by Gasteiger charge is 2.27. The summed E-state index contributed by atoms with van der Waals surface area (Å²) in [5.74, 6) is -1.05. The summed E-state index contributed by atoms with van der Waals surface area (Å²) in [6.45, 7) is 7.92. The van der Waals surface area contributed by atoms with Crippen molar-refractivity contribution >= 4 is 42.4 Å². The van der Waals surface area contributed by atoms with Gasteiger partial charge in [-0.05, 0) is 43.2 Å². The first-order chi connectivity index (χ1) is 15.9. The fourth-order valence-corrected chi connectivity index (χ4v) is 6.03. The Kier molecular flexibility index (Phi) is 7.43. The molecule has 0 radical (unpaired) electrons. The molecule has 1 aromatic heterocycles. The summed E-state index contributed by atoms with van der Waals surface area (Å²) in [6.07, 6.45) is 0.914. The number of anilines is 1. The van der Waals surface area contributed by atoms with Gasteiger partial charge in [0.1, 0.15) is 5.75 Å². The predicted octanol–water partition coefficient (Wildman–Crippen LogP) is 3.31. The van der Waals surface area contributed by atoms with Crippen molar-refractivity contribution in [3.63, 3.8) is 0 Å². The van der Waals surface area contributed by atoms with Crippen LogP contribution in [0.2, 0.25) is 0 Å². The zero-order valence-corrected chi connectivity index (χ0v) is 20.6. The molecule has 2 aromatic carbocycles. The lowest BCUT2D eigenvalue weighted by Crippen LogP contribution is -2.44. The third kappa shape index (κ3) is 5.78. The number of aryl methyl sites for hydroxylation is 2. The number of morpholine rings is 1. The minimum absolute atomic E-state index is 0.159. The second-order valence-electron chi connectivity index (χ2n) is 8.22. The average Bonchev–Trinajstić information content (AvgIpc) is 3.22. The monoisotopic (exact) mass is 487 g/mol. The lowest BCUT2D eigenvalue weighted by Gasteiger charge is -2.29. The highest BCUT2D eigenvalue weighted by Crippen LogP contribution is 2.30. The smallest absolute Gasteiger partial charge is 0.244 e. The van der Waals surface area contributed by atoms with Gasteiger partial charge in [0.15, 0.2) is 15.0 Å². The van der Waals surface area contributed by atoms with Crippen LogP contribution in [0.5, 0.6) is 0 Å². The molecular weight excluding hydrogens is 458 g/mol. The number of nitrogens with zero attached hydrogens (tertiary/aromatic N) is 3. The summed E-state index contributed by atoms with van der Waals surface area (Å²) in [5.41, 5.74) is 2.98. The zero-order valence-electron chi connectivity index (χ0n) is 19.0. The fraction of sp³-hybridized carbons (Fsp3) is 0.417. The molecule has 0 atom stereocenters. The second-order valence-corrected chi connectivity index (χ2v) is 11.2. The van der Waals surface area contributed by atoms with Gasteiger partial charge in [-0.2, -0.15) is 0 Å². The minimum atomic E-state index is -3.76. The van der Waals surface area contributed by atoms with Crippen LogP contribution in [0.3, 0.4) is 0 Å². The average molecular weight is 488 g/mol. The SMILES string of the molecule is CCc1ccc2nc(N(CCN3CCOCC3)C(=O)CS(=O)(=O)c3ccc(C)cc3)sc2c1. The number of sulfone groups is 1.